The van der Waals surface area contributed by atoms with Crippen LogP contribution in [0, 0.1) is 0 Å². The highest BCUT2D eigenvalue weighted by Gasteiger charge is 2.08. The van der Waals surface area contributed by atoms with Crippen molar-refractivity contribution in [2.75, 3.05) is 22.5 Å². The van der Waals surface area contributed by atoms with Gasteiger partial charge in [-0.05, 0) is 42.3 Å². The Kier molecular flexibility index (Phi) is 6.36. The number of carbonyl (C=O) groups excluding carboxylic acids is 2. The molecule has 3 aromatic rings. The van der Waals surface area contributed by atoms with Crippen LogP contribution in [0.3, 0.4) is 0 Å². The molecule has 28 heavy (non-hydrogen) atoms. The summed E-state index contributed by atoms with van der Waals surface area (Å²) < 4.78 is 0. The standard InChI is InChI=1S/C22H22N4O2/c1-16(27)25-19-8-5-9-20(15-19)26-22(28)18-11-13-24-21(14-18)23-12-10-17-6-3-2-4-7-17/h2-9,11,13-15H,10,12H2,1H3,(H,23,24)(H,25,27)(H,26,28). The molecular formula is C22H22N4O2. The molecule has 2 aromatic carbocycles. The predicted molar refractivity (Wildman–Crippen MR) is 112 cm³/mol. The Labute approximate surface area is 164 Å². The largest absolute Gasteiger partial charge is 0.370 e. The third kappa shape index (κ3) is 5.67. The zero-order chi connectivity index (χ0) is 19.8. The smallest absolute Gasteiger partial charge is 0.255 e. The van der Waals surface area contributed by atoms with Gasteiger partial charge in [-0.2, -0.15) is 0 Å². The van der Waals surface area contributed by atoms with Crippen LogP contribution >= 0.6 is 0 Å². The van der Waals surface area contributed by atoms with Crippen molar-refractivity contribution in [3.05, 3.63) is 84.1 Å². The quantitative estimate of drug-likeness (QED) is 0.585. The first-order chi connectivity index (χ1) is 13.6. The van der Waals surface area contributed by atoms with Gasteiger partial charge in [-0.25, -0.2) is 4.98 Å². The van der Waals surface area contributed by atoms with E-state index in [2.05, 4.69) is 33.1 Å². The highest BCUT2D eigenvalue weighted by Crippen LogP contribution is 2.17. The number of carbonyl (C=O) groups is 2. The van der Waals surface area contributed by atoms with E-state index in [1.165, 1.54) is 12.5 Å². The number of benzene rings is 2. The molecule has 2 amide bonds. The zero-order valence-corrected chi connectivity index (χ0v) is 15.6. The van der Waals surface area contributed by atoms with Gasteiger partial charge in [0.15, 0.2) is 0 Å². The lowest BCUT2D eigenvalue weighted by molar-refractivity contribution is -0.114. The molecule has 0 aliphatic carbocycles. The Morgan fingerprint density at radius 3 is 2.39 bits per heavy atom. The van der Waals surface area contributed by atoms with E-state index in [1.54, 1.807) is 42.6 Å². The van der Waals surface area contributed by atoms with Gasteiger partial charge in [0.1, 0.15) is 5.82 Å². The average molecular weight is 374 g/mol. The molecule has 0 aliphatic heterocycles. The summed E-state index contributed by atoms with van der Waals surface area (Å²) in [5, 5.41) is 8.77. The maximum Gasteiger partial charge on any atom is 0.255 e. The van der Waals surface area contributed by atoms with E-state index in [4.69, 9.17) is 0 Å². The number of hydrogen-bond acceptors (Lipinski definition) is 4. The molecule has 3 N–H and O–H groups in total. The molecule has 0 atom stereocenters. The number of rotatable bonds is 7. The fourth-order valence-corrected chi connectivity index (χ4v) is 2.73. The molecule has 6 heteroatoms. The van der Waals surface area contributed by atoms with Gasteiger partial charge >= 0.3 is 0 Å². The van der Waals surface area contributed by atoms with Gasteiger partial charge in [0.05, 0.1) is 0 Å². The lowest BCUT2D eigenvalue weighted by Crippen LogP contribution is -2.14. The molecule has 0 fully saturated rings. The van der Waals surface area contributed by atoms with Crippen molar-refractivity contribution in [2.45, 2.75) is 13.3 Å². The SMILES string of the molecule is CC(=O)Nc1cccc(NC(=O)c2ccnc(NCCc3ccccc3)c2)c1. The average Bonchev–Trinajstić information content (AvgIpc) is 2.69. The highest BCUT2D eigenvalue weighted by atomic mass is 16.2. The minimum Gasteiger partial charge on any atom is -0.370 e. The molecule has 6 nitrogen and oxygen atoms in total. The predicted octanol–water partition coefficient (Wildman–Crippen LogP) is 3.95. The number of aromatic nitrogens is 1. The van der Waals surface area contributed by atoms with Gasteiger partial charge in [0, 0.05) is 36.6 Å². The second kappa shape index (κ2) is 9.32. The molecule has 0 spiro atoms. The van der Waals surface area contributed by atoms with Crippen LogP contribution in [0.15, 0.2) is 72.9 Å². The molecule has 0 saturated carbocycles. The van der Waals surface area contributed by atoms with Gasteiger partial charge in [-0.15, -0.1) is 0 Å². The molecule has 0 aliphatic rings. The van der Waals surface area contributed by atoms with E-state index >= 15 is 0 Å². The zero-order valence-electron chi connectivity index (χ0n) is 15.6. The summed E-state index contributed by atoms with van der Waals surface area (Å²) in [7, 11) is 0. The Hall–Kier alpha value is -3.67. The van der Waals surface area contributed by atoms with Crippen LogP contribution in [-0.4, -0.2) is 23.3 Å². The minimum atomic E-state index is -0.242. The fraction of sp³-hybridized carbons (Fsp3) is 0.136. The number of pyridine rings is 1. The summed E-state index contributed by atoms with van der Waals surface area (Å²) in [5.74, 6) is 0.243. The van der Waals surface area contributed by atoms with Crippen molar-refractivity contribution in [3.63, 3.8) is 0 Å². The van der Waals surface area contributed by atoms with E-state index in [-0.39, 0.29) is 11.8 Å². The van der Waals surface area contributed by atoms with Crippen LogP contribution in [-0.2, 0) is 11.2 Å². The van der Waals surface area contributed by atoms with Crippen LogP contribution in [0.5, 0.6) is 0 Å². The topological polar surface area (TPSA) is 83.1 Å². The molecule has 3 rings (SSSR count). The van der Waals surface area contributed by atoms with Crippen LogP contribution in [0.1, 0.15) is 22.8 Å². The molecule has 1 aromatic heterocycles. The number of nitrogens with zero attached hydrogens (tertiary/aromatic N) is 1. The number of hydrogen-bond donors (Lipinski definition) is 3. The summed E-state index contributed by atoms with van der Waals surface area (Å²) in [6, 6.07) is 20.6. The number of nitrogens with one attached hydrogen (secondary N) is 3. The fourth-order valence-electron chi connectivity index (χ4n) is 2.73. The molecule has 142 valence electrons. The first kappa shape index (κ1) is 19.1. The van der Waals surface area contributed by atoms with E-state index in [0.717, 1.165) is 13.0 Å². The van der Waals surface area contributed by atoms with Gasteiger partial charge < -0.3 is 16.0 Å². The monoisotopic (exact) mass is 374 g/mol. The van der Waals surface area contributed by atoms with Crippen molar-refractivity contribution in [1.82, 2.24) is 4.98 Å². The van der Waals surface area contributed by atoms with Gasteiger partial charge in [-0.3, -0.25) is 9.59 Å². The van der Waals surface area contributed by atoms with Gasteiger partial charge in [0.2, 0.25) is 5.91 Å². The van der Waals surface area contributed by atoms with Crippen molar-refractivity contribution in [2.24, 2.45) is 0 Å². The Morgan fingerprint density at radius 1 is 0.893 bits per heavy atom. The Bertz CT molecular complexity index is 958. The second-order valence-corrected chi connectivity index (χ2v) is 6.31. The maximum absolute atomic E-state index is 12.5. The third-order valence-electron chi connectivity index (χ3n) is 4.03. The van der Waals surface area contributed by atoms with Crippen molar-refractivity contribution in [1.29, 1.82) is 0 Å². The van der Waals surface area contributed by atoms with Crippen molar-refractivity contribution >= 4 is 29.0 Å². The first-order valence-corrected chi connectivity index (χ1v) is 9.03. The van der Waals surface area contributed by atoms with E-state index in [9.17, 15) is 9.59 Å². The maximum atomic E-state index is 12.5. The Balaban J connectivity index is 1.60. The van der Waals surface area contributed by atoms with E-state index in [1.807, 2.05) is 18.2 Å². The number of anilines is 3. The molecular weight excluding hydrogens is 352 g/mol. The second-order valence-electron chi connectivity index (χ2n) is 6.31. The highest BCUT2D eigenvalue weighted by molar-refractivity contribution is 6.05. The lowest BCUT2D eigenvalue weighted by Gasteiger charge is -2.10. The Morgan fingerprint density at radius 2 is 1.64 bits per heavy atom. The van der Waals surface area contributed by atoms with Gasteiger partial charge in [-0.1, -0.05) is 36.4 Å². The van der Waals surface area contributed by atoms with Gasteiger partial charge in [0.25, 0.3) is 5.91 Å². The molecule has 0 saturated heterocycles. The molecule has 0 bridgehead atoms. The normalized spacial score (nSPS) is 10.2. The first-order valence-electron chi connectivity index (χ1n) is 9.03. The summed E-state index contributed by atoms with van der Waals surface area (Å²) in [6.07, 6.45) is 2.47. The van der Waals surface area contributed by atoms with Crippen LogP contribution in [0.4, 0.5) is 17.2 Å². The third-order valence-corrected chi connectivity index (χ3v) is 4.03. The van der Waals surface area contributed by atoms with E-state index in [0.29, 0.717) is 22.8 Å². The minimum absolute atomic E-state index is 0.163. The lowest BCUT2D eigenvalue weighted by atomic mass is 10.1. The molecule has 0 radical (unpaired) electrons. The van der Waals surface area contributed by atoms with Crippen molar-refractivity contribution < 1.29 is 9.59 Å². The molecule has 1 heterocycles. The summed E-state index contributed by atoms with van der Waals surface area (Å²) in [6.45, 7) is 2.16. The number of amides is 2. The van der Waals surface area contributed by atoms with Crippen LogP contribution < -0.4 is 16.0 Å². The summed E-state index contributed by atoms with van der Waals surface area (Å²) in [5.41, 5.74) is 2.97. The van der Waals surface area contributed by atoms with Crippen LogP contribution in [0.25, 0.3) is 0 Å². The summed E-state index contributed by atoms with van der Waals surface area (Å²) >= 11 is 0. The van der Waals surface area contributed by atoms with E-state index < -0.39 is 0 Å². The van der Waals surface area contributed by atoms with Crippen LogP contribution in [0.2, 0.25) is 0 Å². The summed E-state index contributed by atoms with van der Waals surface area (Å²) in [4.78, 5) is 28.0. The molecule has 0 unspecified atom stereocenters. The van der Waals surface area contributed by atoms with Crippen molar-refractivity contribution in [3.8, 4) is 0 Å².